The molecule has 126 valence electrons. The molecule has 2 heterocycles. The van der Waals surface area contributed by atoms with Crippen molar-refractivity contribution in [3.8, 4) is 11.5 Å². The van der Waals surface area contributed by atoms with Crippen molar-refractivity contribution in [1.82, 2.24) is 10.6 Å². The summed E-state index contributed by atoms with van der Waals surface area (Å²) < 4.78 is 33.3. The Kier molecular flexibility index (Phi) is 4.61. The molecule has 1 fully saturated rings. The number of hydrogen-bond acceptors (Lipinski definition) is 5. The topological polar surface area (TPSA) is 93.7 Å². The number of ether oxygens (including phenoxy) is 2. The molecule has 0 aliphatic carbocycles. The van der Waals surface area contributed by atoms with Crippen LogP contribution >= 0.6 is 0 Å². The van der Waals surface area contributed by atoms with Gasteiger partial charge in [0.15, 0.2) is 21.3 Å². The molecule has 3 rings (SSSR count). The van der Waals surface area contributed by atoms with Crippen LogP contribution in [0.3, 0.4) is 0 Å². The second-order valence-electron chi connectivity index (χ2n) is 5.84. The number of carbonyl (C=O) groups is 1. The Morgan fingerprint density at radius 3 is 2.83 bits per heavy atom. The molecule has 1 aromatic carbocycles. The van der Waals surface area contributed by atoms with E-state index in [1.54, 1.807) is 0 Å². The first-order valence-electron chi connectivity index (χ1n) is 7.62. The Bertz CT molecular complexity index is 689. The molecule has 0 spiro atoms. The third-order valence-electron chi connectivity index (χ3n) is 4.01. The highest BCUT2D eigenvalue weighted by Gasteiger charge is 2.27. The summed E-state index contributed by atoms with van der Waals surface area (Å²) in [6.07, 6.45) is 1.31. The van der Waals surface area contributed by atoms with E-state index >= 15 is 0 Å². The molecule has 0 unspecified atom stereocenters. The maximum atomic E-state index is 11.7. The van der Waals surface area contributed by atoms with Gasteiger partial charge in [0.1, 0.15) is 0 Å². The molecule has 2 aliphatic heterocycles. The summed E-state index contributed by atoms with van der Waals surface area (Å²) in [5, 5.41) is 5.50. The summed E-state index contributed by atoms with van der Waals surface area (Å²) in [4.78, 5) is 11.7. The fourth-order valence-electron chi connectivity index (χ4n) is 2.75. The van der Waals surface area contributed by atoms with Gasteiger partial charge >= 0.3 is 6.03 Å². The molecule has 2 N–H and O–H groups in total. The summed E-state index contributed by atoms with van der Waals surface area (Å²) in [5.41, 5.74) is 1.05. The van der Waals surface area contributed by atoms with Crippen LogP contribution in [-0.4, -0.2) is 45.8 Å². The minimum Gasteiger partial charge on any atom is -0.454 e. The minimum absolute atomic E-state index is 0.0274. The van der Waals surface area contributed by atoms with Crippen molar-refractivity contribution < 1.29 is 22.7 Å². The van der Waals surface area contributed by atoms with Gasteiger partial charge in [-0.1, -0.05) is 6.07 Å². The van der Waals surface area contributed by atoms with Crippen LogP contribution in [0.4, 0.5) is 4.79 Å². The van der Waals surface area contributed by atoms with Gasteiger partial charge in [-0.25, -0.2) is 13.2 Å². The molecule has 1 atom stereocenters. The van der Waals surface area contributed by atoms with Crippen molar-refractivity contribution in [2.75, 3.05) is 31.4 Å². The van der Waals surface area contributed by atoms with Crippen molar-refractivity contribution in [3.63, 3.8) is 0 Å². The number of amides is 2. The van der Waals surface area contributed by atoms with Crippen molar-refractivity contribution in [2.45, 2.75) is 12.8 Å². The number of nitrogens with one attached hydrogen (secondary N) is 2. The highest BCUT2D eigenvalue weighted by Crippen LogP contribution is 2.32. The van der Waals surface area contributed by atoms with Crippen molar-refractivity contribution in [2.24, 2.45) is 5.92 Å². The Balaban J connectivity index is 1.36. The molecular formula is C15H20N2O5S. The molecular weight excluding hydrogens is 320 g/mol. The quantitative estimate of drug-likeness (QED) is 0.823. The molecule has 0 saturated carbocycles. The molecule has 23 heavy (non-hydrogen) atoms. The summed E-state index contributed by atoms with van der Waals surface area (Å²) in [6, 6.07) is 5.44. The first-order valence-corrected chi connectivity index (χ1v) is 9.45. The van der Waals surface area contributed by atoms with Crippen molar-refractivity contribution in [3.05, 3.63) is 23.8 Å². The summed E-state index contributed by atoms with van der Waals surface area (Å²) in [6.45, 7) is 1.14. The molecule has 7 nitrogen and oxygen atoms in total. The Morgan fingerprint density at radius 1 is 1.22 bits per heavy atom. The Labute approximate surface area is 135 Å². The van der Waals surface area contributed by atoms with Crippen LogP contribution in [-0.2, 0) is 16.3 Å². The number of carbonyl (C=O) groups excluding carboxylic acids is 1. The number of urea groups is 1. The lowest BCUT2D eigenvalue weighted by atomic mass is 10.1. The monoisotopic (exact) mass is 340 g/mol. The molecule has 0 radical (unpaired) electrons. The maximum absolute atomic E-state index is 11.7. The zero-order valence-corrected chi connectivity index (χ0v) is 13.5. The van der Waals surface area contributed by atoms with E-state index < -0.39 is 9.84 Å². The van der Waals surface area contributed by atoms with E-state index in [0.717, 1.165) is 17.1 Å². The lowest BCUT2D eigenvalue weighted by Crippen LogP contribution is -2.39. The number of rotatable bonds is 5. The standard InChI is InChI=1S/C15H20N2O5S/c18-15(17-8-12-4-6-23(19,20)9-12)16-5-3-11-1-2-13-14(7-11)22-10-21-13/h1-2,7,12H,3-6,8-10H2,(H2,16,17,18)/t12-/m0/s1. The lowest BCUT2D eigenvalue weighted by molar-refractivity contribution is 0.174. The van der Waals surface area contributed by atoms with Crippen LogP contribution in [0, 0.1) is 5.92 Å². The van der Waals surface area contributed by atoms with E-state index in [-0.39, 0.29) is 30.2 Å². The summed E-state index contributed by atoms with van der Waals surface area (Å²) in [7, 11) is -2.90. The van der Waals surface area contributed by atoms with Gasteiger partial charge in [0.2, 0.25) is 6.79 Å². The predicted octanol–water partition coefficient (Wildman–Crippen LogP) is 0.692. The third-order valence-corrected chi connectivity index (χ3v) is 5.85. The second-order valence-corrected chi connectivity index (χ2v) is 8.07. The summed E-state index contributed by atoms with van der Waals surface area (Å²) >= 11 is 0. The largest absolute Gasteiger partial charge is 0.454 e. The lowest BCUT2D eigenvalue weighted by Gasteiger charge is -2.11. The van der Waals surface area contributed by atoms with Crippen LogP contribution in [0.1, 0.15) is 12.0 Å². The molecule has 2 aliphatic rings. The van der Waals surface area contributed by atoms with Crippen LogP contribution in [0.2, 0.25) is 0 Å². The number of hydrogen-bond donors (Lipinski definition) is 2. The third kappa shape index (κ3) is 4.28. The van der Waals surface area contributed by atoms with Crippen LogP contribution in [0.25, 0.3) is 0 Å². The van der Waals surface area contributed by atoms with Crippen LogP contribution in [0.15, 0.2) is 18.2 Å². The zero-order chi connectivity index (χ0) is 16.3. The maximum Gasteiger partial charge on any atom is 0.314 e. The fourth-order valence-corrected chi connectivity index (χ4v) is 4.61. The van der Waals surface area contributed by atoms with Gasteiger partial charge in [0.25, 0.3) is 0 Å². The molecule has 2 amide bonds. The minimum atomic E-state index is -2.90. The Morgan fingerprint density at radius 2 is 2.04 bits per heavy atom. The van der Waals surface area contributed by atoms with Gasteiger partial charge < -0.3 is 20.1 Å². The van der Waals surface area contributed by atoms with Crippen molar-refractivity contribution in [1.29, 1.82) is 0 Å². The fraction of sp³-hybridized carbons (Fsp3) is 0.533. The Hall–Kier alpha value is -1.96. The van der Waals surface area contributed by atoms with Gasteiger partial charge in [-0.2, -0.15) is 0 Å². The number of sulfone groups is 1. The van der Waals surface area contributed by atoms with E-state index in [2.05, 4.69) is 10.6 Å². The van der Waals surface area contributed by atoms with Gasteiger partial charge in [0.05, 0.1) is 11.5 Å². The highest BCUT2D eigenvalue weighted by atomic mass is 32.2. The van der Waals surface area contributed by atoms with Gasteiger partial charge in [-0.3, -0.25) is 0 Å². The average molecular weight is 340 g/mol. The molecule has 8 heteroatoms. The number of benzene rings is 1. The van der Waals surface area contributed by atoms with E-state index in [0.29, 0.717) is 25.9 Å². The van der Waals surface area contributed by atoms with E-state index in [4.69, 9.17) is 9.47 Å². The smallest absolute Gasteiger partial charge is 0.314 e. The van der Waals surface area contributed by atoms with Gasteiger partial charge in [0, 0.05) is 13.1 Å². The van der Waals surface area contributed by atoms with E-state index in [1.807, 2.05) is 18.2 Å². The molecule has 1 saturated heterocycles. The van der Waals surface area contributed by atoms with Gasteiger partial charge in [-0.05, 0) is 36.5 Å². The zero-order valence-electron chi connectivity index (χ0n) is 12.7. The molecule has 1 aromatic rings. The van der Waals surface area contributed by atoms with Crippen LogP contribution in [0.5, 0.6) is 11.5 Å². The van der Waals surface area contributed by atoms with Gasteiger partial charge in [-0.15, -0.1) is 0 Å². The number of fused-ring (bicyclic) bond motifs is 1. The molecule has 0 bridgehead atoms. The first-order chi connectivity index (χ1) is 11.0. The normalized spacial score (nSPS) is 21.1. The second kappa shape index (κ2) is 6.66. The van der Waals surface area contributed by atoms with Crippen LogP contribution < -0.4 is 20.1 Å². The average Bonchev–Trinajstić information content (AvgIpc) is 3.10. The first kappa shape index (κ1) is 15.9. The highest BCUT2D eigenvalue weighted by molar-refractivity contribution is 7.91. The SMILES string of the molecule is O=C(NCCc1ccc2c(c1)OCO2)NC[C@@H]1CCS(=O)(=O)C1. The van der Waals surface area contributed by atoms with Crippen molar-refractivity contribution >= 4 is 15.9 Å². The summed E-state index contributed by atoms with van der Waals surface area (Å²) in [5.74, 6) is 1.90. The predicted molar refractivity (Wildman–Crippen MR) is 84.4 cm³/mol. The van der Waals surface area contributed by atoms with E-state index in [9.17, 15) is 13.2 Å². The molecule has 0 aromatic heterocycles. The van der Waals surface area contributed by atoms with E-state index in [1.165, 1.54) is 0 Å².